The molecule has 8 nitrogen and oxygen atoms in total. The Labute approximate surface area is 444 Å². The van der Waals surface area contributed by atoms with E-state index in [0.29, 0.717) is 25.4 Å². The Morgan fingerprint density at radius 1 is 0.333 bits per heavy atom. The number of carboxylic acid groups (broad SMARTS) is 2. The van der Waals surface area contributed by atoms with Gasteiger partial charge in [0.1, 0.15) is 0 Å². The van der Waals surface area contributed by atoms with Crippen LogP contribution >= 0.6 is 0 Å². The molecule has 0 unspecified atom stereocenters. The van der Waals surface area contributed by atoms with E-state index in [1.165, 1.54) is 205 Å². The van der Waals surface area contributed by atoms with Gasteiger partial charge in [-0.1, -0.05) is 258 Å². The van der Waals surface area contributed by atoms with Crippen molar-refractivity contribution in [2.45, 2.75) is 285 Å². The van der Waals surface area contributed by atoms with Crippen molar-refractivity contribution in [1.29, 1.82) is 0 Å². The summed E-state index contributed by atoms with van der Waals surface area (Å²) in [7, 11) is 0. The second-order valence-electron chi connectivity index (χ2n) is 18.1. The van der Waals surface area contributed by atoms with Gasteiger partial charge in [0.25, 0.3) is 0 Å². The van der Waals surface area contributed by atoms with Gasteiger partial charge in [0.05, 0.1) is 25.2 Å². The molecule has 400 valence electrons. The molecule has 0 saturated heterocycles. The minimum atomic E-state index is -1.39. The van der Waals surface area contributed by atoms with Crippen molar-refractivity contribution in [1.82, 2.24) is 0 Å². The number of allylic oxidation sites excluding steroid dienone is 4. The van der Waals surface area contributed by atoms with Crippen molar-refractivity contribution in [2.75, 3.05) is 13.2 Å². The maximum Gasteiger partial charge on any atom is 2.00 e. The fourth-order valence-electron chi connectivity index (χ4n) is 6.97. The van der Waals surface area contributed by atoms with Gasteiger partial charge in [-0.15, -0.1) is 0 Å². The predicted octanol–water partition coefficient (Wildman–Crippen LogP) is 15.7. The van der Waals surface area contributed by atoms with E-state index in [1.54, 1.807) is 0 Å². The van der Waals surface area contributed by atoms with Crippen molar-refractivity contribution >= 4 is 47.8 Å². The largest absolute Gasteiger partial charge is 2.00 e. The van der Waals surface area contributed by atoms with Crippen molar-refractivity contribution in [3.63, 3.8) is 0 Å². The zero-order chi connectivity index (χ0) is 51.1. The number of carbonyl (C=O) groups is 4. The maximum atomic E-state index is 11.1. The van der Waals surface area contributed by atoms with Crippen LogP contribution in [0.3, 0.4) is 0 Å². The quantitative estimate of drug-likeness (QED) is 0.0193. The van der Waals surface area contributed by atoms with E-state index in [4.69, 9.17) is 9.47 Å². The number of carbonyl (C=O) groups excluding carboxylic acids is 4. The van der Waals surface area contributed by atoms with Crippen molar-refractivity contribution in [3.05, 3.63) is 62.5 Å². The first kappa shape index (κ1) is 75.6. The summed E-state index contributed by atoms with van der Waals surface area (Å²) in [6.45, 7) is 17.2. The summed E-state index contributed by atoms with van der Waals surface area (Å²) in [4.78, 5) is 42.5. The Bertz CT molecular complexity index is 1050. The molecule has 0 aliphatic rings. The summed E-state index contributed by atoms with van der Waals surface area (Å²) in [5, 5.41) is 20.3. The molecule has 0 spiro atoms. The maximum absolute atomic E-state index is 11.1. The summed E-state index contributed by atoms with van der Waals surface area (Å²) in [6, 6.07) is 0. The number of hydrogen-bond acceptors (Lipinski definition) is 8. The Hall–Kier alpha value is -2.36. The predicted molar refractivity (Wildman–Crippen MR) is 292 cm³/mol. The average Bonchev–Trinajstić information content (AvgIpc) is 3.33. The first-order valence-corrected chi connectivity index (χ1v) is 28.2. The summed E-state index contributed by atoms with van der Waals surface area (Å²) in [5.74, 6) is -4.03. The molecule has 0 aromatic carbocycles. The number of aliphatic carboxylic acids is 2. The Morgan fingerprint density at radius 2 is 0.551 bits per heavy atom. The molecule has 4 radical (unpaired) electrons. The zero-order valence-corrected chi connectivity index (χ0v) is 48.4. The monoisotopic (exact) mass is 1080 g/mol. The van der Waals surface area contributed by atoms with E-state index in [2.05, 4.69) is 65.8 Å². The normalized spacial score (nSPS) is 10.9. The molecule has 0 heterocycles. The third kappa shape index (κ3) is 85.9. The molecule has 0 N–H and O–H groups in total. The Balaban J connectivity index is -0.000000297. The molecule has 69 heavy (non-hydrogen) atoms. The van der Waals surface area contributed by atoms with Crippen LogP contribution in [0.25, 0.3) is 0 Å². The van der Waals surface area contributed by atoms with Gasteiger partial charge in [-0.2, -0.15) is 0 Å². The Kier molecular flexibility index (Phi) is 79.1. The van der Waals surface area contributed by atoms with Gasteiger partial charge in [-0.25, -0.2) is 9.59 Å². The van der Waals surface area contributed by atoms with Gasteiger partial charge >= 0.3 is 35.8 Å². The molecule has 0 saturated carbocycles. The van der Waals surface area contributed by atoms with E-state index >= 15 is 0 Å². The summed E-state index contributed by atoms with van der Waals surface area (Å²) in [5.41, 5.74) is 0. The van der Waals surface area contributed by atoms with Gasteiger partial charge in [0.2, 0.25) is 0 Å². The van der Waals surface area contributed by atoms with Gasteiger partial charge in [-0.3, -0.25) is 0 Å². The van der Waals surface area contributed by atoms with Crippen LogP contribution in [0.1, 0.15) is 285 Å². The van der Waals surface area contributed by atoms with Crippen molar-refractivity contribution < 1.29 is 38.9 Å². The molecule has 0 atom stereocenters. The van der Waals surface area contributed by atoms with E-state index in [0.717, 1.165) is 63.5 Å². The summed E-state index contributed by atoms with van der Waals surface area (Å²) in [6.07, 6.45) is 63.0. The van der Waals surface area contributed by atoms with E-state index in [1.807, 2.05) is 0 Å². The standard InChI is InChI=1S/2C22H38O4.2C8H17.Sn/c2*1-2-3-4-5-6-7-8-9-10-11-12-13-14-15-16-17-20-26-22(25)19-18-21(23)24;2*1-3-5-7-8-6-4-2;/h2*9-10,18-19H,2-8,11-17,20H2,1H3,(H,23,24);2*1,3-8H2,2H3;/q;;;;+2/p-2/b2*10-9-,19-18?;;;. The van der Waals surface area contributed by atoms with E-state index in [9.17, 15) is 29.4 Å². The van der Waals surface area contributed by atoms with Crippen LogP contribution in [0.2, 0.25) is 0 Å². The van der Waals surface area contributed by atoms with Gasteiger partial charge < -0.3 is 29.3 Å². The number of hydrogen-bond donors (Lipinski definition) is 0. The molecule has 9 heteroatoms. The number of unbranched alkanes of at least 4 members (excludes halogenated alkanes) is 34. The van der Waals surface area contributed by atoms with Crippen LogP contribution in [0.4, 0.5) is 0 Å². The minimum Gasteiger partial charge on any atom is -0.545 e. The van der Waals surface area contributed by atoms with Crippen LogP contribution in [0, 0.1) is 13.8 Å². The second-order valence-corrected chi connectivity index (χ2v) is 18.1. The number of esters is 2. The molecule has 0 fully saturated rings. The second kappa shape index (κ2) is 72.2. The van der Waals surface area contributed by atoms with Crippen molar-refractivity contribution in [2.24, 2.45) is 0 Å². The van der Waals surface area contributed by atoms with E-state index < -0.39 is 23.9 Å². The summed E-state index contributed by atoms with van der Waals surface area (Å²) >= 11 is 0. The van der Waals surface area contributed by atoms with Crippen LogP contribution in [-0.2, 0) is 28.7 Å². The van der Waals surface area contributed by atoms with Crippen LogP contribution in [0.5, 0.6) is 0 Å². The summed E-state index contributed by atoms with van der Waals surface area (Å²) < 4.78 is 9.77. The van der Waals surface area contributed by atoms with Gasteiger partial charge in [0.15, 0.2) is 0 Å². The fourth-order valence-corrected chi connectivity index (χ4v) is 6.97. The zero-order valence-electron chi connectivity index (χ0n) is 45.5. The molecule has 0 aliphatic carbocycles. The van der Waals surface area contributed by atoms with Crippen LogP contribution in [0.15, 0.2) is 48.6 Å². The SMILES string of the molecule is CCCCCCCC/C=C\CCCCCCCCOC(=O)C=CC(=O)[O-].CCCCCCCC/C=C\CCCCCCCCOC(=O)C=CC(=O)[O-].[CH2]CCCCCCC.[CH2]CCCCCCC.[Sn+2]. The molecule has 0 amide bonds. The smallest absolute Gasteiger partial charge is 0.545 e. The van der Waals surface area contributed by atoms with Crippen molar-refractivity contribution in [3.8, 4) is 0 Å². The first-order chi connectivity index (χ1) is 33.2. The molecular weight excluding hydrogens is 967 g/mol. The molecule has 0 aliphatic heterocycles. The van der Waals surface area contributed by atoms with Gasteiger partial charge in [0, 0.05) is 12.2 Å². The topological polar surface area (TPSA) is 133 Å². The molecule has 0 aromatic rings. The minimum absolute atomic E-state index is 0. The third-order valence-corrected chi connectivity index (χ3v) is 11.2. The average molecular weight is 1080 g/mol. The molecule has 0 bridgehead atoms. The first-order valence-electron chi connectivity index (χ1n) is 28.2. The third-order valence-electron chi connectivity index (χ3n) is 11.2. The van der Waals surface area contributed by atoms with Gasteiger partial charge in [-0.05, 0) is 76.4 Å². The van der Waals surface area contributed by atoms with Crippen LogP contribution in [-0.4, -0.2) is 61.0 Å². The van der Waals surface area contributed by atoms with Crippen LogP contribution < -0.4 is 10.2 Å². The number of rotatable bonds is 46. The van der Waals surface area contributed by atoms with E-state index in [-0.39, 0.29) is 23.9 Å². The molecule has 0 rings (SSSR count). The molecule has 0 aromatic heterocycles. The number of carboxylic acids is 2. The Morgan fingerprint density at radius 3 is 0.783 bits per heavy atom. The number of ether oxygens (including phenoxy) is 2. The fraction of sp³-hybridized carbons (Fsp3) is 0.767. The molecular formula is C60H108O8Sn.